The molecule has 6 rings (SSSR count). The van der Waals surface area contributed by atoms with Crippen molar-refractivity contribution in [3.05, 3.63) is 94.7 Å². The van der Waals surface area contributed by atoms with Gasteiger partial charge in [-0.2, -0.15) is 0 Å². The van der Waals surface area contributed by atoms with E-state index in [-0.39, 0.29) is 5.91 Å². The number of carbonyl (C=O) groups excluding carboxylic acids is 1. The molecule has 4 nitrogen and oxygen atoms in total. The first-order valence-corrected chi connectivity index (χ1v) is 11.5. The zero-order chi connectivity index (χ0) is 21.7. The Balaban J connectivity index is 1.34. The summed E-state index contributed by atoms with van der Waals surface area (Å²) in [6, 6.07) is 24.2. The Morgan fingerprint density at radius 1 is 1.00 bits per heavy atom. The number of fused-ring (bicyclic) bond motifs is 4. The molecule has 0 bridgehead atoms. The molecular formula is C28H27N3O. The number of aromatic amines is 1. The van der Waals surface area contributed by atoms with Crippen molar-refractivity contribution in [1.82, 2.24) is 15.6 Å². The lowest BCUT2D eigenvalue weighted by Gasteiger charge is -2.27. The summed E-state index contributed by atoms with van der Waals surface area (Å²) in [5, 5.41) is 8.10. The number of hydrogen-bond acceptors (Lipinski definition) is 2. The van der Waals surface area contributed by atoms with Crippen LogP contribution >= 0.6 is 0 Å². The fourth-order valence-corrected chi connectivity index (χ4v) is 5.36. The first kappa shape index (κ1) is 19.3. The summed E-state index contributed by atoms with van der Waals surface area (Å²) >= 11 is 0. The molecule has 0 saturated carbocycles. The number of amides is 1. The van der Waals surface area contributed by atoms with E-state index in [1.807, 2.05) is 6.07 Å². The molecule has 32 heavy (non-hydrogen) atoms. The van der Waals surface area contributed by atoms with Crippen LogP contribution in [0.1, 0.15) is 64.6 Å². The molecule has 4 aromatic rings. The van der Waals surface area contributed by atoms with Crippen LogP contribution in [0.3, 0.4) is 0 Å². The predicted octanol–water partition coefficient (Wildman–Crippen LogP) is 5.81. The van der Waals surface area contributed by atoms with Crippen molar-refractivity contribution in [3.63, 3.8) is 0 Å². The highest BCUT2D eigenvalue weighted by molar-refractivity contribution is 5.99. The van der Waals surface area contributed by atoms with Gasteiger partial charge in [-0.15, -0.1) is 0 Å². The van der Waals surface area contributed by atoms with Gasteiger partial charge in [0, 0.05) is 40.8 Å². The minimum Gasteiger partial charge on any atom is -0.357 e. The van der Waals surface area contributed by atoms with Gasteiger partial charge >= 0.3 is 0 Å². The number of benzene rings is 3. The predicted molar refractivity (Wildman–Crippen MR) is 129 cm³/mol. The molecule has 2 aliphatic rings. The number of nitrogens with one attached hydrogen (secondary N) is 3. The van der Waals surface area contributed by atoms with Gasteiger partial charge in [0.1, 0.15) is 0 Å². The third-order valence-corrected chi connectivity index (χ3v) is 7.08. The Labute approximate surface area is 188 Å². The summed E-state index contributed by atoms with van der Waals surface area (Å²) in [7, 11) is 0. The molecule has 0 fully saturated rings. The van der Waals surface area contributed by atoms with Crippen LogP contribution in [0.15, 0.2) is 66.7 Å². The molecule has 0 radical (unpaired) electrons. The second-order valence-corrected chi connectivity index (χ2v) is 9.08. The highest BCUT2D eigenvalue weighted by Crippen LogP contribution is 2.38. The summed E-state index contributed by atoms with van der Waals surface area (Å²) in [6.45, 7) is 2.87. The van der Waals surface area contributed by atoms with Gasteiger partial charge < -0.3 is 15.6 Å². The number of H-pyrrole nitrogens is 1. The lowest BCUT2D eigenvalue weighted by Crippen LogP contribution is -2.27. The van der Waals surface area contributed by atoms with Crippen LogP contribution in [-0.2, 0) is 13.0 Å². The van der Waals surface area contributed by atoms with E-state index in [2.05, 4.69) is 83.2 Å². The topological polar surface area (TPSA) is 56.9 Å². The monoisotopic (exact) mass is 421 g/mol. The Hall–Kier alpha value is -3.37. The van der Waals surface area contributed by atoms with E-state index < -0.39 is 0 Å². The second kappa shape index (κ2) is 7.64. The van der Waals surface area contributed by atoms with Crippen LogP contribution in [0.4, 0.5) is 0 Å². The Kier molecular flexibility index (Phi) is 4.62. The van der Waals surface area contributed by atoms with Gasteiger partial charge in [0.05, 0.1) is 0 Å². The largest absolute Gasteiger partial charge is 0.357 e. The highest BCUT2D eigenvalue weighted by Gasteiger charge is 2.26. The normalized spacial score (nSPS) is 18.3. The van der Waals surface area contributed by atoms with E-state index in [1.54, 1.807) is 0 Å². The third-order valence-electron chi connectivity index (χ3n) is 7.08. The molecule has 3 aromatic carbocycles. The molecule has 0 spiro atoms. The van der Waals surface area contributed by atoms with Gasteiger partial charge in [0.25, 0.3) is 5.91 Å². The standard InChI is InChI=1S/C28H27N3O/c1-17(18-6-3-2-4-7-18)30-26-9-5-8-23-24-15-20(11-13-25(24)31-27(23)26)19-10-12-22-21(14-19)16-29-28(22)32/h2-4,6-7,10-15,17,26,30-31H,5,8-9,16H2,1H3,(H,29,32). The first-order chi connectivity index (χ1) is 15.7. The number of aryl methyl sites for hydroxylation is 1. The van der Waals surface area contributed by atoms with Crippen molar-refractivity contribution in [2.75, 3.05) is 0 Å². The molecule has 1 aliphatic heterocycles. The second-order valence-electron chi connectivity index (χ2n) is 9.08. The van der Waals surface area contributed by atoms with E-state index in [1.165, 1.54) is 45.3 Å². The van der Waals surface area contributed by atoms with Crippen molar-refractivity contribution in [1.29, 1.82) is 0 Å². The molecule has 1 amide bonds. The first-order valence-electron chi connectivity index (χ1n) is 11.5. The van der Waals surface area contributed by atoms with Crippen LogP contribution in [0, 0.1) is 0 Å². The number of hydrogen-bond donors (Lipinski definition) is 3. The van der Waals surface area contributed by atoms with Gasteiger partial charge in [-0.25, -0.2) is 0 Å². The summed E-state index contributed by atoms with van der Waals surface area (Å²) in [5.74, 6) is 0.0324. The van der Waals surface area contributed by atoms with E-state index >= 15 is 0 Å². The molecule has 3 N–H and O–H groups in total. The number of carbonyl (C=O) groups is 1. The highest BCUT2D eigenvalue weighted by atomic mass is 16.1. The van der Waals surface area contributed by atoms with Crippen LogP contribution in [0.25, 0.3) is 22.0 Å². The van der Waals surface area contributed by atoms with E-state index in [0.717, 1.165) is 24.0 Å². The minimum absolute atomic E-state index is 0.0324. The van der Waals surface area contributed by atoms with Crippen molar-refractivity contribution in [3.8, 4) is 11.1 Å². The van der Waals surface area contributed by atoms with Gasteiger partial charge in [0.2, 0.25) is 0 Å². The van der Waals surface area contributed by atoms with E-state index in [9.17, 15) is 4.79 Å². The van der Waals surface area contributed by atoms with Crippen molar-refractivity contribution in [2.45, 2.75) is 44.8 Å². The summed E-state index contributed by atoms with van der Waals surface area (Å²) in [5.41, 5.74) is 9.58. The average molecular weight is 422 g/mol. The fraction of sp³-hybridized carbons (Fsp3) is 0.250. The van der Waals surface area contributed by atoms with E-state index in [4.69, 9.17) is 0 Å². The maximum Gasteiger partial charge on any atom is 0.251 e. The number of aromatic nitrogens is 1. The summed E-state index contributed by atoms with van der Waals surface area (Å²) < 4.78 is 0. The molecule has 2 unspecified atom stereocenters. The maximum absolute atomic E-state index is 11.9. The quantitative estimate of drug-likeness (QED) is 0.390. The Morgan fingerprint density at radius 3 is 2.69 bits per heavy atom. The van der Waals surface area contributed by atoms with Crippen molar-refractivity contribution >= 4 is 16.8 Å². The van der Waals surface area contributed by atoms with Crippen LogP contribution in [0.5, 0.6) is 0 Å². The summed E-state index contributed by atoms with van der Waals surface area (Å²) in [6.07, 6.45) is 3.45. The summed E-state index contributed by atoms with van der Waals surface area (Å²) in [4.78, 5) is 15.6. The minimum atomic E-state index is 0.0324. The van der Waals surface area contributed by atoms with Crippen molar-refractivity contribution < 1.29 is 4.79 Å². The lowest BCUT2D eigenvalue weighted by molar-refractivity contribution is 0.0966. The molecular weight excluding hydrogens is 394 g/mol. The van der Waals surface area contributed by atoms with Gasteiger partial charge in [-0.3, -0.25) is 4.79 Å². The maximum atomic E-state index is 11.9. The smallest absolute Gasteiger partial charge is 0.251 e. The van der Waals surface area contributed by atoms with Crippen LogP contribution in [0.2, 0.25) is 0 Å². The fourth-order valence-electron chi connectivity index (χ4n) is 5.36. The number of rotatable bonds is 4. The SMILES string of the molecule is CC(NC1CCCc2c1[nH]c1ccc(-c3ccc4c(c3)CNC4=O)cc21)c1ccccc1. The zero-order valence-corrected chi connectivity index (χ0v) is 18.2. The molecule has 2 heterocycles. The van der Waals surface area contributed by atoms with E-state index in [0.29, 0.717) is 18.6 Å². The molecule has 0 saturated heterocycles. The third kappa shape index (κ3) is 3.23. The molecule has 2 atom stereocenters. The molecule has 160 valence electrons. The van der Waals surface area contributed by atoms with Crippen molar-refractivity contribution in [2.24, 2.45) is 0 Å². The Bertz CT molecular complexity index is 1320. The zero-order valence-electron chi connectivity index (χ0n) is 18.2. The van der Waals surface area contributed by atoms with Gasteiger partial charge in [0.15, 0.2) is 0 Å². The molecule has 1 aromatic heterocycles. The average Bonchev–Trinajstić information content (AvgIpc) is 3.40. The van der Waals surface area contributed by atoms with Gasteiger partial charge in [-0.1, -0.05) is 42.5 Å². The van der Waals surface area contributed by atoms with Gasteiger partial charge in [-0.05, 0) is 78.3 Å². The Morgan fingerprint density at radius 2 is 1.81 bits per heavy atom. The lowest BCUT2D eigenvalue weighted by atomic mass is 9.90. The van der Waals surface area contributed by atoms with Crippen LogP contribution < -0.4 is 10.6 Å². The molecule has 4 heteroatoms. The molecule has 1 aliphatic carbocycles. The van der Waals surface area contributed by atoms with Crippen LogP contribution in [-0.4, -0.2) is 10.9 Å².